The summed E-state index contributed by atoms with van der Waals surface area (Å²) in [5.41, 5.74) is 4.73. The first-order valence-corrected chi connectivity index (χ1v) is 7.47. The molecule has 3 nitrogen and oxygen atoms in total. The maximum atomic E-state index is 12.6. The van der Waals surface area contributed by atoms with Gasteiger partial charge >= 0.3 is 0 Å². The monoisotopic (exact) mass is 306 g/mol. The van der Waals surface area contributed by atoms with Gasteiger partial charge in [-0.25, -0.2) is 4.39 Å². The Hall–Kier alpha value is -2.88. The van der Waals surface area contributed by atoms with Gasteiger partial charge < -0.3 is 4.42 Å². The van der Waals surface area contributed by atoms with Crippen LogP contribution in [-0.2, 0) is 13.2 Å². The highest BCUT2D eigenvalue weighted by atomic mass is 19.1. The first kappa shape index (κ1) is 13.8. The van der Waals surface area contributed by atoms with Gasteiger partial charge in [-0.05, 0) is 23.3 Å². The van der Waals surface area contributed by atoms with E-state index in [0.29, 0.717) is 12.1 Å². The maximum absolute atomic E-state index is 12.6. The number of para-hydroxylation sites is 1. The van der Waals surface area contributed by atoms with Gasteiger partial charge in [0.15, 0.2) is 0 Å². The summed E-state index contributed by atoms with van der Waals surface area (Å²) < 4.78 is 19.8. The number of hydrogen-bond donors (Lipinski definition) is 0. The number of halogens is 1. The summed E-state index contributed by atoms with van der Waals surface area (Å²) in [5.74, 6) is 0. The Balaban J connectivity index is 1.77. The summed E-state index contributed by atoms with van der Waals surface area (Å²) in [6, 6.07) is 17.6. The molecule has 0 saturated carbocycles. The zero-order chi connectivity index (χ0) is 15.6. The van der Waals surface area contributed by atoms with Crippen LogP contribution >= 0.6 is 0 Å². The number of fused-ring (bicyclic) bond motifs is 1. The number of furan rings is 1. The standard InChI is InChI=1S/C19H15FN2O/c20-11-14-5-7-15(8-6-14)12-22-18-4-2-1-3-17(18)19(21-22)16-9-10-23-13-16/h1-10,13H,11-12H2. The average Bonchev–Trinajstić information content (AvgIpc) is 3.24. The molecule has 0 radical (unpaired) electrons. The first-order valence-electron chi connectivity index (χ1n) is 7.47. The molecule has 0 aliphatic rings. The minimum Gasteiger partial charge on any atom is -0.472 e. The van der Waals surface area contributed by atoms with Crippen molar-refractivity contribution in [2.45, 2.75) is 13.2 Å². The predicted octanol–water partition coefficient (Wildman–Crippen LogP) is 4.81. The molecule has 4 heteroatoms. The van der Waals surface area contributed by atoms with Gasteiger partial charge in [0.1, 0.15) is 12.4 Å². The van der Waals surface area contributed by atoms with Crippen molar-refractivity contribution in [2.75, 3.05) is 0 Å². The van der Waals surface area contributed by atoms with Gasteiger partial charge in [0.05, 0.1) is 24.6 Å². The van der Waals surface area contributed by atoms with E-state index in [4.69, 9.17) is 9.52 Å². The molecule has 0 atom stereocenters. The van der Waals surface area contributed by atoms with Crippen molar-refractivity contribution in [1.29, 1.82) is 0 Å². The Kier molecular flexibility index (Phi) is 3.42. The zero-order valence-corrected chi connectivity index (χ0v) is 12.4. The highest BCUT2D eigenvalue weighted by molar-refractivity contribution is 5.93. The van der Waals surface area contributed by atoms with Crippen molar-refractivity contribution in [3.8, 4) is 11.3 Å². The van der Waals surface area contributed by atoms with E-state index in [0.717, 1.165) is 27.7 Å². The molecule has 0 amide bonds. The van der Waals surface area contributed by atoms with Gasteiger partial charge in [0.25, 0.3) is 0 Å². The highest BCUT2D eigenvalue weighted by Gasteiger charge is 2.13. The van der Waals surface area contributed by atoms with Crippen LogP contribution in [0, 0.1) is 0 Å². The van der Waals surface area contributed by atoms with Crippen LogP contribution in [0.2, 0.25) is 0 Å². The van der Waals surface area contributed by atoms with Crippen molar-refractivity contribution in [2.24, 2.45) is 0 Å². The minimum atomic E-state index is -0.435. The zero-order valence-electron chi connectivity index (χ0n) is 12.4. The van der Waals surface area contributed by atoms with E-state index in [9.17, 15) is 4.39 Å². The number of aromatic nitrogens is 2. The number of rotatable bonds is 4. The van der Waals surface area contributed by atoms with E-state index >= 15 is 0 Å². The van der Waals surface area contributed by atoms with Crippen LogP contribution in [0.1, 0.15) is 11.1 Å². The van der Waals surface area contributed by atoms with Gasteiger partial charge in [0, 0.05) is 10.9 Å². The molecule has 0 fully saturated rings. The van der Waals surface area contributed by atoms with Crippen molar-refractivity contribution >= 4 is 10.9 Å². The van der Waals surface area contributed by atoms with Crippen molar-refractivity contribution < 1.29 is 8.81 Å². The Morgan fingerprint density at radius 1 is 0.957 bits per heavy atom. The van der Waals surface area contributed by atoms with Crippen LogP contribution in [0.15, 0.2) is 71.5 Å². The summed E-state index contributed by atoms with van der Waals surface area (Å²) in [5, 5.41) is 5.84. The molecule has 0 N–H and O–H groups in total. The van der Waals surface area contributed by atoms with E-state index in [2.05, 4.69) is 12.1 Å². The third-order valence-corrected chi connectivity index (χ3v) is 3.96. The summed E-state index contributed by atoms with van der Waals surface area (Å²) in [7, 11) is 0. The maximum Gasteiger partial charge on any atom is 0.115 e. The Morgan fingerprint density at radius 2 is 1.74 bits per heavy atom. The molecular formula is C19H15FN2O. The lowest BCUT2D eigenvalue weighted by molar-refractivity contribution is 0.485. The molecule has 0 aliphatic heterocycles. The normalized spacial score (nSPS) is 11.2. The number of hydrogen-bond acceptors (Lipinski definition) is 2. The van der Waals surface area contributed by atoms with E-state index in [1.807, 2.05) is 47.1 Å². The highest BCUT2D eigenvalue weighted by Crippen LogP contribution is 2.28. The molecule has 2 aromatic carbocycles. The van der Waals surface area contributed by atoms with Crippen LogP contribution in [-0.4, -0.2) is 9.78 Å². The van der Waals surface area contributed by atoms with Crippen LogP contribution in [0.25, 0.3) is 22.2 Å². The molecular weight excluding hydrogens is 291 g/mol. The second kappa shape index (κ2) is 5.72. The smallest absolute Gasteiger partial charge is 0.115 e. The molecule has 0 spiro atoms. The van der Waals surface area contributed by atoms with Crippen molar-refractivity contribution in [3.05, 3.63) is 78.3 Å². The van der Waals surface area contributed by atoms with Gasteiger partial charge in [-0.15, -0.1) is 0 Å². The summed E-state index contributed by atoms with van der Waals surface area (Å²) >= 11 is 0. The second-order valence-electron chi connectivity index (χ2n) is 5.49. The van der Waals surface area contributed by atoms with Gasteiger partial charge in [-0.3, -0.25) is 4.68 Å². The molecule has 114 valence electrons. The Morgan fingerprint density at radius 3 is 2.48 bits per heavy atom. The average molecular weight is 306 g/mol. The third kappa shape index (κ3) is 2.52. The van der Waals surface area contributed by atoms with Gasteiger partial charge in [-0.2, -0.15) is 5.10 Å². The SMILES string of the molecule is FCc1ccc(Cn2nc(-c3ccoc3)c3ccccc32)cc1. The number of alkyl halides is 1. The fourth-order valence-corrected chi connectivity index (χ4v) is 2.77. The van der Waals surface area contributed by atoms with Gasteiger partial charge in [0.2, 0.25) is 0 Å². The second-order valence-corrected chi connectivity index (χ2v) is 5.49. The van der Waals surface area contributed by atoms with E-state index in [1.165, 1.54) is 0 Å². The molecule has 23 heavy (non-hydrogen) atoms. The minimum absolute atomic E-state index is 0.435. The summed E-state index contributed by atoms with van der Waals surface area (Å²) in [4.78, 5) is 0. The predicted molar refractivity (Wildman–Crippen MR) is 87.8 cm³/mol. The molecule has 0 unspecified atom stereocenters. The van der Waals surface area contributed by atoms with E-state index in [-0.39, 0.29) is 0 Å². The van der Waals surface area contributed by atoms with Crippen molar-refractivity contribution in [1.82, 2.24) is 9.78 Å². The topological polar surface area (TPSA) is 31.0 Å². The molecule has 0 bridgehead atoms. The lowest BCUT2D eigenvalue weighted by Crippen LogP contribution is -2.01. The van der Waals surface area contributed by atoms with Crippen LogP contribution in [0.4, 0.5) is 4.39 Å². The fourth-order valence-electron chi connectivity index (χ4n) is 2.77. The molecule has 2 aromatic heterocycles. The molecule has 2 heterocycles. The fraction of sp³-hybridized carbons (Fsp3) is 0.105. The number of nitrogens with zero attached hydrogens (tertiary/aromatic N) is 2. The van der Waals surface area contributed by atoms with Crippen LogP contribution in [0.3, 0.4) is 0 Å². The summed E-state index contributed by atoms with van der Waals surface area (Å²) in [6.45, 7) is 0.209. The largest absolute Gasteiger partial charge is 0.472 e. The van der Waals surface area contributed by atoms with E-state index < -0.39 is 6.67 Å². The molecule has 4 aromatic rings. The quantitative estimate of drug-likeness (QED) is 0.541. The lowest BCUT2D eigenvalue weighted by atomic mass is 10.1. The number of benzene rings is 2. The summed E-state index contributed by atoms with van der Waals surface area (Å²) in [6.07, 6.45) is 3.36. The van der Waals surface area contributed by atoms with Crippen LogP contribution in [0.5, 0.6) is 0 Å². The first-order chi connectivity index (χ1) is 11.3. The Bertz CT molecular complexity index is 924. The molecule has 4 rings (SSSR count). The Labute approximate surface area is 133 Å². The molecule has 0 aliphatic carbocycles. The third-order valence-electron chi connectivity index (χ3n) is 3.96. The van der Waals surface area contributed by atoms with Crippen LogP contribution < -0.4 is 0 Å². The molecule has 0 saturated heterocycles. The van der Waals surface area contributed by atoms with Crippen molar-refractivity contribution in [3.63, 3.8) is 0 Å². The van der Waals surface area contributed by atoms with Gasteiger partial charge in [-0.1, -0.05) is 42.5 Å². The van der Waals surface area contributed by atoms with E-state index in [1.54, 1.807) is 12.5 Å². The lowest BCUT2D eigenvalue weighted by Gasteiger charge is -2.04.